The average Bonchev–Trinajstić information content (AvgIpc) is 3.53. The highest BCUT2D eigenvalue weighted by atomic mass is 19.1. The number of pyridine rings is 1. The molecular formula is C26H24FN7O4. The SMILES string of the molecule is Cn1nnc(-c2ccc(-c3ccc(N4C[C@H](CNC(=O)COCc5ccccc5)OC4=O)cc3F)cn2)n1. The van der Waals surface area contributed by atoms with Gasteiger partial charge in [-0.25, -0.2) is 9.18 Å². The Kier molecular flexibility index (Phi) is 7.31. The number of aromatic nitrogens is 5. The van der Waals surface area contributed by atoms with Crippen LogP contribution in [0.25, 0.3) is 22.6 Å². The number of carbonyl (C=O) groups is 2. The van der Waals surface area contributed by atoms with Gasteiger partial charge in [0.25, 0.3) is 0 Å². The van der Waals surface area contributed by atoms with Crippen molar-refractivity contribution >= 4 is 17.7 Å². The molecule has 1 N–H and O–H groups in total. The summed E-state index contributed by atoms with van der Waals surface area (Å²) in [7, 11) is 1.65. The van der Waals surface area contributed by atoms with Gasteiger partial charge in [-0.3, -0.25) is 14.7 Å². The van der Waals surface area contributed by atoms with Gasteiger partial charge in [-0.05, 0) is 35.0 Å². The molecule has 2 amide bonds. The van der Waals surface area contributed by atoms with Gasteiger partial charge in [0, 0.05) is 17.3 Å². The first kappa shape index (κ1) is 25.0. The van der Waals surface area contributed by atoms with Crippen molar-refractivity contribution in [3.63, 3.8) is 0 Å². The van der Waals surface area contributed by atoms with E-state index in [1.54, 1.807) is 31.3 Å². The summed E-state index contributed by atoms with van der Waals surface area (Å²) in [4.78, 5) is 31.5. The van der Waals surface area contributed by atoms with Gasteiger partial charge >= 0.3 is 6.09 Å². The van der Waals surface area contributed by atoms with Gasteiger partial charge in [-0.2, -0.15) is 4.80 Å². The second kappa shape index (κ2) is 11.1. The van der Waals surface area contributed by atoms with E-state index in [1.165, 1.54) is 22.0 Å². The molecule has 1 aliphatic rings. The van der Waals surface area contributed by atoms with Gasteiger partial charge in [-0.15, -0.1) is 10.2 Å². The van der Waals surface area contributed by atoms with Crippen LogP contribution in [0.1, 0.15) is 5.56 Å². The molecule has 11 nitrogen and oxygen atoms in total. The number of anilines is 1. The molecule has 2 aromatic carbocycles. The number of hydrogen-bond acceptors (Lipinski definition) is 8. The number of hydrogen-bond donors (Lipinski definition) is 1. The normalized spacial score (nSPS) is 14.9. The monoisotopic (exact) mass is 517 g/mol. The Morgan fingerprint density at radius 2 is 2.03 bits per heavy atom. The summed E-state index contributed by atoms with van der Waals surface area (Å²) in [5, 5.41) is 14.5. The lowest BCUT2D eigenvalue weighted by Crippen LogP contribution is -2.36. The fourth-order valence-electron chi connectivity index (χ4n) is 3.93. The summed E-state index contributed by atoms with van der Waals surface area (Å²) >= 11 is 0. The van der Waals surface area contributed by atoms with Crippen molar-refractivity contribution in [3.8, 4) is 22.6 Å². The van der Waals surface area contributed by atoms with Crippen molar-refractivity contribution in [2.75, 3.05) is 24.6 Å². The molecule has 194 valence electrons. The number of tetrazole rings is 1. The van der Waals surface area contributed by atoms with Crippen molar-refractivity contribution < 1.29 is 23.5 Å². The average molecular weight is 518 g/mol. The number of carbonyl (C=O) groups excluding carboxylic acids is 2. The number of ether oxygens (including phenoxy) is 2. The van der Waals surface area contributed by atoms with Crippen molar-refractivity contribution in [2.45, 2.75) is 12.7 Å². The number of halogens is 1. The van der Waals surface area contributed by atoms with E-state index in [0.29, 0.717) is 34.9 Å². The van der Waals surface area contributed by atoms with Crippen LogP contribution in [0.4, 0.5) is 14.9 Å². The molecule has 4 aromatic rings. The van der Waals surface area contributed by atoms with Crippen molar-refractivity contribution in [3.05, 3.63) is 78.2 Å². The maximum atomic E-state index is 15.0. The number of aryl methyl sites for hydroxylation is 1. The van der Waals surface area contributed by atoms with E-state index in [0.717, 1.165) is 5.56 Å². The molecule has 0 radical (unpaired) electrons. The van der Waals surface area contributed by atoms with Gasteiger partial charge in [0.15, 0.2) is 0 Å². The molecule has 0 bridgehead atoms. The van der Waals surface area contributed by atoms with Crippen LogP contribution in [0.5, 0.6) is 0 Å². The Labute approximate surface area is 217 Å². The quantitative estimate of drug-likeness (QED) is 0.359. The third kappa shape index (κ3) is 5.81. The molecule has 38 heavy (non-hydrogen) atoms. The molecule has 2 aromatic heterocycles. The van der Waals surface area contributed by atoms with Crippen molar-refractivity contribution in [2.24, 2.45) is 7.05 Å². The van der Waals surface area contributed by atoms with Crippen LogP contribution in [-0.4, -0.2) is 63.0 Å². The van der Waals surface area contributed by atoms with Crippen LogP contribution < -0.4 is 10.2 Å². The summed E-state index contributed by atoms with van der Waals surface area (Å²) < 4.78 is 25.8. The Balaban J connectivity index is 1.15. The molecule has 0 aliphatic carbocycles. The third-order valence-electron chi connectivity index (χ3n) is 5.82. The van der Waals surface area contributed by atoms with Crippen LogP contribution >= 0.6 is 0 Å². The fourth-order valence-corrected chi connectivity index (χ4v) is 3.93. The Bertz CT molecular complexity index is 1430. The van der Waals surface area contributed by atoms with Gasteiger partial charge in [0.1, 0.15) is 24.2 Å². The van der Waals surface area contributed by atoms with Crippen molar-refractivity contribution in [1.29, 1.82) is 0 Å². The molecule has 0 saturated carbocycles. The van der Waals surface area contributed by atoms with Gasteiger partial charge in [-0.1, -0.05) is 36.4 Å². The van der Waals surface area contributed by atoms with Gasteiger partial charge in [0.05, 0.1) is 32.4 Å². The first-order chi connectivity index (χ1) is 18.5. The number of nitrogens with one attached hydrogen (secondary N) is 1. The van der Waals surface area contributed by atoms with Crippen LogP contribution in [0.15, 0.2) is 66.9 Å². The van der Waals surface area contributed by atoms with E-state index in [2.05, 4.69) is 25.7 Å². The van der Waals surface area contributed by atoms with Gasteiger partial charge in [0.2, 0.25) is 11.7 Å². The summed E-state index contributed by atoms with van der Waals surface area (Å²) in [6, 6.07) is 17.4. The first-order valence-corrected chi connectivity index (χ1v) is 11.8. The summed E-state index contributed by atoms with van der Waals surface area (Å²) in [5.41, 5.74) is 2.71. The molecule has 1 fully saturated rings. The van der Waals surface area contributed by atoms with E-state index in [4.69, 9.17) is 9.47 Å². The minimum absolute atomic E-state index is 0.114. The molecule has 1 aliphatic heterocycles. The standard InChI is InChI=1S/C26H24FN7O4/c1-33-31-25(30-32-33)23-10-7-18(12-28-23)21-9-8-19(11-22(21)27)34-14-20(38-26(34)36)13-29-24(35)16-37-15-17-5-3-2-4-6-17/h2-12,20H,13-16H2,1H3,(H,29,35)/t20-/m0/s1. The topological polar surface area (TPSA) is 124 Å². The Morgan fingerprint density at radius 1 is 1.18 bits per heavy atom. The zero-order valence-corrected chi connectivity index (χ0v) is 20.5. The molecule has 1 saturated heterocycles. The number of benzene rings is 2. The second-order valence-electron chi connectivity index (χ2n) is 8.60. The highest BCUT2D eigenvalue weighted by Crippen LogP contribution is 2.29. The maximum absolute atomic E-state index is 15.0. The molecule has 3 heterocycles. The van der Waals surface area contributed by atoms with E-state index in [-0.39, 0.29) is 25.6 Å². The zero-order valence-electron chi connectivity index (χ0n) is 20.5. The molecule has 1 atom stereocenters. The van der Waals surface area contributed by atoms with E-state index < -0.39 is 18.0 Å². The van der Waals surface area contributed by atoms with E-state index in [1.807, 2.05) is 30.3 Å². The maximum Gasteiger partial charge on any atom is 0.414 e. The Morgan fingerprint density at radius 3 is 2.74 bits per heavy atom. The Hall–Kier alpha value is -4.71. The minimum atomic E-state index is -0.612. The van der Waals surface area contributed by atoms with Gasteiger partial charge < -0.3 is 14.8 Å². The summed E-state index contributed by atoms with van der Waals surface area (Å²) in [6.45, 7) is 0.497. The molecule has 0 spiro atoms. The fraction of sp³-hybridized carbons (Fsp3) is 0.231. The van der Waals surface area contributed by atoms with E-state index >= 15 is 4.39 Å². The molecule has 5 rings (SSSR count). The molecule has 12 heteroatoms. The van der Waals surface area contributed by atoms with Crippen molar-refractivity contribution in [1.82, 2.24) is 30.5 Å². The first-order valence-electron chi connectivity index (χ1n) is 11.8. The van der Waals surface area contributed by atoms with Crippen LogP contribution in [0.2, 0.25) is 0 Å². The number of cyclic esters (lactones) is 1. The number of rotatable bonds is 9. The highest BCUT2D eigenvalue weighted by molar-refractivity contribution is 5.90. The lowest BCUT2D eigenvalue weighted by molar-refractivity contribution is -0.126. The predicted octanol–water partition coefficient (Wildman–Crippen LogP) is 2.74. The summed E-state index contributed by atoms with van der Waals surface area (Å²) in [6.07, 6.45) is 0.338. The van der Waals surface area contributed by atoms with Crippen LogP contribution in [-0.2, 0) is 27.9 Å². The van der Waals surface area contributed by atoms with Crippen LogP contribution in [0, 0.1) is 5.82 Å². The van der Waals surface area contributed by atoms with E-state index in [9.17, 15) is 9.59 Å². The zero-order chi connectivity index (χ0) is 26.5. The number of amides is 2. The third-order valence-corrected chi connectivity index (χ3v) is 5.82. The smallest absolute Gasteiger partial charge is 0.414 e. The minimum Gasteiger partial charge on any atom is -0.442 e. The lowest BCUT2D eigenvalue weighted by atomic mass is 10.1. The highest BCUT2D eigenvalue weighted by Gasteiger charge is 2.33. The molecular weight excluding hydrogens is 493 g/mol. The van der Waals surface area contributed by atoms with Crippen LogP contribution in [0.3, 0.4) is 0 Å². The molecule has 0 unspecified atom stereocenters. The predicted molar refractivity (Wildman–Crippen MR) is 134 cm³/mol. The summed E-state index contributed by atoms with van der Waals surface area (Å²) in [5.74, 6) is -0.469. The second-order valence-corrected chi connectivity index (χ2v) is 8.60. The largest absolute Gasteiger partial charge is 0.442 e. The number of nitrogens with zero attached hydrogens (tertiary/aromatic N) is 6. The lowest BCUT2D eigenvalue weighted by Gasteiger charge is -2.14.